The third-order valence-corrected chi connectivity index (χ3v) is 3.61. The predicted octanol–water partition coefficient (Wildman–Crippen LogP) is 2.89. The summed E-state index contributed by atoms with van der Waals surface area (Å²) in [4.78, 5) is 12.8. The molecule has 0 radical (unpaired) electrons. The molecule has 0 aromatic heterocycles. The maximum Gasteiger partial charge on any atom is 0.251 e. The van der Waals surface area contributed by atoms with Gasteiger partial charge in [-0.25, -0.2) is 0 Å². The number of amides is 1. The molecular weight excluding hydrogens is 218 g/mol. The lowest BCUT2D eigenvalue weighted by Gasteiger charge is -2.17. The van der Waals surface area contributed by atoms with Crippen molar-refractivity contribution in [2.24, 2.45) is 5.92 Å². The molecule has 1 aliphatic carbocycles. The molecule has 1 amide bonds. The first-order chi connectivity index (χ1) is 7.66. The molecule has 86 valence electrons. The van der Waals surface area contributed by atoms with E-state index in [1.165, 1.54) is 12.8 Å². The first-order valence-corrected chi connectivity index (χ1v) is 6.21. The molecule has 1 aromatic carbocycles. The summed E-state index contributed by atoms with van der Waals surface area (Å²) >= 11 is 4.20. The fourth-order valence-electron chi connectivity index (χ4n) is 2.22. The molecule has 2 nitrogen and oxygen atoms in total. The van der Waals surface area contributed by atoms with Gasteiger partial charge in [0.15, 0.2) is 0 Å². The fraction of sp³-hybridized carbons (Fsp3) is 0.462. The summed E-state index contributed by atoms with van der Waals surface area (Å²) in [6, 6.07) is 7.67. The molecule has 0 aliphatic heterocycles. The van der Waals surface area contributed by atoms with Gasteiger partial charge in [-0.1, -0.05) is 13.3 Å². The van der Waals surface area contributed by atoms with Crippen molar-refractivity contribution < 1.29 is 4.79 Å². The van der Waals surface area contributed by atoms with E-state index in [9.17, 15) is 4.79 Å². The van der Waals surface area contributed by atoms with Gasteiger partial charge in [-0.15, -0.1) is 12.6 Å². The van der Waals surface area contributed by atoms with E-state index < -0.39 is 0 Å². The fourth-order valence-corrected chi connectivity index (χ4v) is 2.37. The molecule has 1 aromatic rings. The number of rotatable bonds is 2. The SMILES string of the molecule is CC1CCCC1NC(=O)c1ccc(S)cc1. The van der Waals surface area contributed by atoms with Gasteiger partial charge in [-0.2, -0.15) is 0 Å². The van der Waals surface area contributed by atoms with Crippen LogP contribution >= 0.6 is 12.6 Å². The zero-order valence-electron chi connectivity index (χ0n) is 9.44. The average molecular weight is 235 g/mol. The van der Waals surface area contributed by atoms with Gasteiger partial charge in [0.05, 0.1) is 0 Å². The Balaban J connectivity index is 2.00. The molecule has 2 unspecified atom stereocenters. The minimum atomic E-state index is 0.0343. The molecule has 0 saturated heterocycles. The molecule has 0 heterocycles. The second-order valence-electron chi connectivity index (χ2n) is 4.54. The first-order valence-electron chi connectivity index (χ1n) is 5.76. The van der Waals surface area contributed by atoms with Crippen LogP contribution in [0.25, 0.3) is 0 Å². The number of hydrogen-bond donors (Lipinski definition) is 2. The van der Waals surface area contributed by atoms with Crippen molar-refractivity contribution in [1.82, 2.24) is 5.32 Å². The van der Waals surface area contributed by atoms with Crippen LogP contribution in [0.1, 0.15) is 36.5 Å². The van der Waals surface area contributed by atoms with E-state index >= 15 is 0 Å². The van der Waals surface area contributed by atoms with E-state index in [0.29, 0.717) is 12.0 Å². The first kappa shape index (κ1) is 11.5. The lowest BCUT2D eigenvalue weighted by Crippen LogP contribution is -2.36. The van der Waals surface area contributed by atoms with Gasteiger partial charge in [-0.3, -0.25) is 4.79 Å². The topological polar surface area (TPSA) is 29.1 Å². The van der Waals surface area contributed by atoms with Crippen molar-refractivity contribution in [1.29, 1.82) is 0 Å². The van der Waals surface area contributed by atoms with Crippen molar-refractivity contribution in [3.8, 4) is 0 Å². The van der Waals surface area contributed by atoms with Crippen molar-refractivity contribution in [2.75, 3.05) is 0 Å². The molecule has 16 heavy (non-hydrogen) atoms. The van der Waals surface area contributed by atoms with Crippen LogP contribution in [0.4, 0.5) is 0 Å². The highest BCUT2D eigenvalue weighted by Crippen LogP contribution is 2.25. The minimum absolute atomic E-state index is 0.0343. The van der Waals surface area contributed by atoms with Gasteiger partial charge in [0.1, 0.15) is 0 Å². The molecule has 1 fully saturated rings. The van der Waals surface area contributed by atoms with Gasteiger partial charge < -0.3 is 5.32 Å². The van der Waals surface area contributed by atoms with Crippen LogP contribution in [-0.2, 0) is 0 Å². The summed E-state index contributed by atoms with van der Waals surface area (Å²) in [5.41, 5.74) is 0.719. The van der Waals surface area contributed by atoms with Crippen LogP contribution in [0.2, 0.25) is 0 Å². The lowest BCUT2D eigenvalue weighted by atomic mass is 10.1. The zero-order chi connectivity index (χ0) is 11.5. The van der Waals surface area contributed by atoms with E-state index in [-0.39, 0.29) is 5.91 Å². The Morgan fingerprint density at radius 3 is 2.56 bits per heavy atom. The van der Waals surface area contributed by atoms with Gasteiger partial charge in [0.2, 0.25) is 0 Å². The van der Waals surface area contributed by atoms with Crippen molar-refractivity contribution in [3.05, 3.63) is 29.8 Å². The van der Waals surface area contributed by atoms with Gasteiger partial charge >= 0.3 is 0 Å². The summed E-state index contributed by atoms with van der Waals surface area (Å²) in [5, 5.41) is 3.10. The van der Waals surface area contributed by atoms with E-state index in [0.717, 1.165) is 16.9 Å². The molecule has 0 bridgehead atoms. The molecule has 2 atom stereocenters. The van der Waals surface area contributed by atoms with E-state index in [1.807, 2.05) is 24.3 Å². The standard InChI is InChI=1S/C13H17NOS/c1-9-3-2-4-12(9)14-13(15)10-5-7-11(16)8-6-10/h5-9,12,16H,2-4H2,1H3,(H,14,15). The zero-order valence-corrected chi connectivity index (χ0v) is 10.3. The highest BCUT2D eigenvalue weighted by Gasteiger charge is 2.24. The van der Waals surface area contributed by atoms with Gasteiger partial charge in [0, 0.05) is 16.5 Å². The second-order valence-corrected chi connectivity index (χ2v) is 5.05. The Labute approximate surface area is 102 Å². The maximum atomic E-state index is 11.9. The van der Waals surface area contributed by atoms with E-state index in [1.54, 1.807) is 0 Å². The van der Waals surface area contributed by atoms with Crippen LogP contribution in [0.15, 0.2) is 29.2 Å². The Morgan fingerprint density at radius 2 is 2.00 bits per heavy atom. The number of benzene rings is 1. The highest BCUT2D eigenvalue weighted by molar-refractivity contribution is 7.80. The van der Waals surface area contributed by atoms with Gasteiger partial charge in [0.25, 0.3) is 5.91 Å². The van der Waals surface area contributed by atoms with E-state index in [2.05, 4.69) is 24.9 Å². The molecule has 0 spiro atoms. The monoisotopic (exact) mass is 235 g/mol. The molecular formula is C13H17NOS. The summed E-state index contributed by atoms with van der Waals surface area (Å²) in [5.74, 6) is 0.639. The molecule has 2 rings (SSSR count). The summed E-state index contributed by atoms with van der Waals surface area (Å²) in [6.45, 7) is 2.20. The summed E-state index contributed by atoms with van der Waals surface area (Å²) in [7, 11) is 0. The van der Waals surface area contributed by atoms with Crippen LogP contribution in [-0.4, -0.2) is 11.9 Å². The van der Waals surface area contributed by atoms with Crippen LogP contribution in [0, 0.1) is 5.92 Å². The number of thiol groups is 1. The summed E-state index contributed by atoms with van der Waals surface area (Å²) < 4.78 is 0. The Hall–Kier alpha value is -0.960. The number of carbonyl (C=O) groups is 1. The predicted molar refractivity (Wildman–Crippen MR) is 68.0 cm³/mol. The molecule has 1 N–H and O–H groups in total. The smallest absolute Gasteiger partial charge is 0.251 e. The van der Waals surface area contributed by atoms with Gasteiger partial charge in [-0.05, 0) is 43.0 Å². The third-order valence-electron chi connectivity index (χ3n) is 3.31. The normalized spacial score (nSPS) is 24.4. The van der Waals surface area contributed by atoms with Crippen LogP contribution < -0.4 is 5.32 Å². The van der Waals surface area contributed by atoms with Crippen molar-refractivity contribution in [2.45, 2.75) is 37.1 Å². The second kappa shape index (κ2) is 4.91. The van der Waals surface area contributed by atoms with Crippen LogP contribution in [0.5, 0.6) is 0 Å². The van der Waals surface area contributed by atoms with Crippen LogP contribution in [0.3, 0.4) is 0 Å². The number of hydrogen-bond acceptors (Lipinski definition) is 2. The Bertz CT molecular complexity index is 374. The van der Waals surface area contributed by atoms with Crippen molar-refractivity contribution in [3.63, 3.8) is 0 Å². The third kappa shape index (κ3) is 2.59. The van der Waals surface area contributed by atoms with Crippen molar-refractivity contribution >= 4 is 18.5 Å². The quantitative estimate of drug-likeness (QED) is 0.758. The molecule has 1 aliphatic rings. The number of carbonyl (C=O) groups excluding carboxylic acids is 1. The molecule has 3 heteroatoms. The Morgan fingerprint density at radius 1 is 1.31 bits per heavy atom. The van der Waals surface area contributed by atoms with E-state index in [4.69, 9.17) is 0 Å². The minimum Gasteiger partial charge on any atom is -0.349 e. The maximum absolute atomic E-state index is 11.9. The highest BCUT2D eigenvalue weighted by atomic mass is 32.1. The lowest BCUT2D eigenvalue weighted by molar-refractivity contribution is 0.0929. The largest absolute Gasteiger partial charge is 0.349 e. The number of nitrogens with one attached hydrogen (secondary N) is 1. The Kier molecular flexibility index (Phi) is 3.54. The average Bonchev–Trinajstić information content (AvgIpc) is 2.65. The molecule has 1 saturated carbocycles. The summed E-state index contributed by atoms with van der Waals surface area (Å²) in [6.07, 6.45) is 3.56.